The Morgan fingerprint density at radius 1 is 1.04 bits per heavy atom. The Morgan fingerprint density at radius 2 is 1.88 bits per heavy atom. The number of hydrogen-bond donors (Lipinski definition) is 2. The van der Waals surface area contributed by atoms with Crippen molar-refractivity contribution in [3.63, 3.8) is 0 Å². The molecule has 0 spiro atoms. The van der Waals surface area contributed by atoms with Crippen LogP contribution in [0.15, 0.2) is 54.7 Å². The third kappa shape index (κ3) is 2.28. The zero-order valence-electron chi connectivity index (χ0n) is 13.8. The van der Waals surface area contributed by atoms with E-state index in [4.69, 9.17) is 9.47 Å². The fourth-order valence-electron chi connectivity index (χ4n) is 3.34. The van der Waals surface area contributed by atoms with Crippen LogP contribution < -0.4 is 19.7 Å². The van der Waals surface area contributed by atoms with E-state index in [0.29, 0.717) is 30.3 Å². The van der Waals surface area contributed by atoms with Crippen molar-refractivity contribution in [1.29, 1.82) is 0 Å². The van der Waals surface area contributed by atoms with Gasteiger partial charge in [0.25, 0.3) is 5.91 Å². The van der Waals surface area contributed by atoms with Crippen LogP contribution in [0.1, 0.15) is 22.2 Å². The first-order valence-corrected chi connectivity index (χ1v) is 8.39. The van der Waals surface area contributed by atoms with E-state index in [1.54, 1.807) is 11.1 Å². The van der Waals surface area contributed by atoms with E-state index >= 15 is 0 Å². The molecular formula is C19H16N4O3. The Balaban J connectivity index is 1.63. The van der Waals surface area contributed by atoms with Crippen molar-refractivity contribution < 1.29 is 14.3 Å². The number of benzene rings is 2. The van der Waals surface area contributed by atoms with Crippen molar-refractivity contribution in [3.05, 3.63) is 66.0 Å². The number of carbonyl (C=O) groups is 1. The average Bonchev–Trinajstić information content (AvgIpc) is 3.22. The summed E-state index contributed by atoms with van der Waals surface area (Å²) in [4.78, 5) is 15.0. The summed E-state index contributed by atoms with van der Waals surface area (Å²) in [7, 11) is 0. The molecule has 2 N–H and O–H groups in total. The zero-order valence-corrected chi connectivity index (χ0v) is 13.8. The lowest BCUT2D eigenvalue weighted by molar-refractivity contribution is 0.0974. The summed E-state index contributed by atoms with van der Waals surface area (Å²) in [6.07, 6.45) is 1.27. The Labute approximate surface area is 149 Å². The van der Waals surface area contributed by atoms with Crippen LogP contribution >= 0.6 is 0 Å². The second-order valence-corrected chi connectivity index (χ2v) is 6.11. The summed E-state index contributed by atoms with van der Waals surface area (Å²) in [5.74, 6) is 1.25. The SMILES string of the molecule is O=C1c2ccccc2NC(c2ccn[nH]2)N1c1ccc2c(c1)OCCO2. The number of rotatable bonds is 2. The van der Waals surface area contributed by atoms with Gasteiger partial charge in [0.2, 0.25) is 0 Å². The number of H-pyrrole nitrogens is 1. The van der Waals surface area contributed by atoms with Crippen LogP contribution in [0.25, 0.3) is 0 Å². The fraction of sp³-hybridized carbons (Fsp3) is 0.158. The number of carbonyl (C=O) groups excluding carboxylic acids is 1. The molecule has 1 atom stereocenters. The number of hydrogen-bond acceptors (Lipinski definition) is 5. The van der Waals surface area contributed by atoms with E-state index in [9.17, 15) is 4.79 Å². The molecule has 0 aliphatic carbocycles. The molecule has 0 saturated heterocycles. The quantitative estimate of drug-likeness (QED) is 0.744. The molecule has 0 bridgehead atoms. The molecule has 1 unspecified atom stereocenters. The predicted octanol–water partition coefficient (Wildman–Crippen LogP) is 2.95. The van der Waals surface area contributed by atoms with Crippen LogP contribution in [0.2, 0.25) is 0 Å². The van der Waals surface area contributed by atoms with Crippen LogP contribution in [-0.4, -0.2) is 29.3 Å². The first-order chi connectivity index (χ1) is 12.8. The summed E-state index contributed by atoms with van der Waals surface area (Å²) in [5.41, 5.74) is 2.94. The van der Waals surface area contributed by atoms with Crippen LogP contribution in [0.3, 0.4) is 0 Å². The number of amides is 1. The zero-order chi connectivity index (χ0) is 17.5. The van der Waals surface area contributed by atoms with Gasteiger partial charge in [0.05, 0.1) is 16.9 Å². The highest BCUT2D eigenvalue weighted by Gasteiger charge is 2.35. The number of nitrogens with one attached hydrogen (secondary N) is 2. The van der Waals surface area contributed by atoms with Crippen LogP contribution in [0.4, 0.5) is 11.4 Å². The lowest BCUT2D eigenvalue weighted by Gasteiger charge is -2.37. The average molecular weight is 348 g/mol. The molecule has 0 radical (unpaired) electrons. The maximum atomic E-state index is 13.3. The third-order valence-electron chi connectivity index (χ3n) is 4.55. The molecular weight excluding hydrogens is 332 g/mol. The smallest absolute Gasteiger partial charge is 0.262 e. The molecule has 1 amide bonds. The molecule has 2 aliphatic heterocycles. The summed E-state index contributed by atoms with van der Waals surface area (Å²) in [6, 6.07) is 14.9. The van der Waals surface area contributed by atoms with Crippen LogP contribution in [0, 0.1) is 0 Å². The van der Waals surface area contributed by atoms with E-state index < -0.39 is 6.17 Å². The maximum absolute atomic E-state index is 13.3. The molecule has 5 rings (SSSR count). The maximum Gasteiger partial charge on any atom is 0.262 e. The molecule has 26 heavy (non-hydrogen) atoms. The molecule has 130 valence electrons. The Morgan fingerprint density at radius 3 is 2.73 bits per heavy atom. The summed E-state index contributed by atoms with van der Waals surface area (Å²) in [5, 5.41) is 10.4. The number of aromatic nitrogens is 2. The first kappa shape index (κ1) is 14.8. The van der Waals surface area contributed by atoms with Gasteiger partial charge in [0, 0.05) is 18.0 Å². The van der Waals surface area contributed by atoms with Crippen molar-refractivity contribution in [2.45, 2.75) is 6.17 Å². The van der Waals surface area contributed by atoms with Gasteiger partial charge < -0.3 is 14.8 Å². The topological polar surface area (TPSA) is 79.5 Å². The van der Waals surface area contributed by atoms with Gasteiger partial charge >= 0.3 is 0 Å². The highest BCUT2D eigenvalue weighted by molar-refractivity contribution is 6.12. The van der Waals surface area contributed by atoms with E-state index in [0.717, 1.165) is 17.1 Å². The lowest BCUT2D eigenvalue weighted by atomic mass is 10.0. The number of aromatic amines is 1. The second-order valence-electron chi connectivity index (χ2n) is 6.11. The van der Waals surface area contributed by atoms with Gasteiger partial charge in [-0.15, -0.1) is 0 Å². The van der Waals surface area contributed by atoms with Crippen molar-refractivity contribution in [2.75, 3.05) is 23.4 Å². The minimum Gasteiger partial charge on any atom is -0.486 e. The van der Waals surface area contributed by atoms with Gasteiger partial charge in [0.15, 0.2) is 11.5 Å². The molecule has 0 saturated carbocycles. The monoisotopic (exact) mass is 348 g/mol. The van der Waals surface area contributed by atoms with Gasteiger partial charge in [-0.1, -0.05) is 12.1 Å². The van der Waals surface area contributed by atoms with E-state index in [-0.39, 0.29) is 5.91 Å². The normalized spacial score (nSPS) is 18.2. The minimum atomic E-state index is -0.401. The Bertz CT molecular complexity index is 971. The standard InChI is InChI=1S/C19H16N4O3/c24-19-13-3-1-2-4-14(13)21-18(15-7-8-20-22-15)23(19)12-5-6-16-17(11-12)26-10-9-25-16/h1-8,11,18,21H,9-10H2,(H,20,22). The van der Waals surface area contributed by atoms with Gasteiger partial charge in [-0.3, -0.25) is 14.8 Å². The minimum absolute atomic E-state index is 0.0874. The molecule has 3 aromatic rings. The van der Waals surface area contributed by atoms with Gasteiger partial charge in [-0.25, -0.2) is 0 Å². The lowest BCUT2D eigenvalue weighted by Crippen LogP contribution is -2.43. The highest BCUT2D eigenvalue weighted by atomic mass is 16.6. The highest BCUT2D eigenvalue weighted by Crippen LogP contribution is 2.40. The van der Waals surface area contributed by atoms with Gasteiger partial charge in [-0.2, -0.15) is 5.10 Å². The molecule has 2 aliphatic rings. The summed E-state index contributed by atoms with van der Waals surface area (Å²) in [6.45, 7) is 1.02. The second kappa shape index (κ2) is 5.80. The van der Waals surface area contributed by atoms with E-state index in [2.05, 4.69) is 15.5 Å². The molecule has 7 nitrogen and oxygen atoms in total. The number of ether oxygens (including phenoxy) is 2. The molecule has 1 aromatic heterocycles. The van der Waals surface area contributed by atoms with E-state index in [1.807, 2.05) is 48.5 Å². The van der Waals surface area contributed by atoms with Gasteiger partial charge in [0.1, 0.15) is 19.4 Å². The van der Waals surface area contributed by atoms with E-state index in [1.165, 1.54) is 0 Å². The number of anilines is 2. The number of nitrogens with zero attached hydrogens (tertiary/aromatic N) is 2. The fourth-order valence-corrected chi connectivity index (χ4v) is 3.34. The Hall–Kier alpha value is -3.48. The molecule has 0 fully saturated rings. The first-order valence-electron chi connectivity index (χ1n) is 8.39. The van der Waals surface area contributed by atoms with Crippen molar-refractivity contribution in [2.24, 2.45) is 0 Å². The molecule has 2 aromatic carbocycles. The van der Waals surface area contributed by atoms with Crippen molar-refractivity contribution in [1.82, 2.24) is 10.2 Å². The third-order valence-corrected chi connectivity index (χ3v) is 4.55. The van der Waals surface area contributed by atoms with Gasteiger partial charge in [-0.05, 0) is 30.3 Å². The van der Waals surface area contributed by atoms with Crippen LogP contribution in [-0.2, 0) is 0 Å². The van der Waals surface area contributed by atoms with Crippen LogP contribution in [0.5, 0.6) is 11.5 Å². The predicted molar refractivity (Wildman–Crippen MR) is 95.6 cm³/mol. The van der Waals surface area contributed by atoms with Crippen molar-refractivity contribution in [3.8, 4) is 11.5 Å². The summed E-state index contributed by atoms with van der Waals surface area (Å²) >= 11 is 0. The summed E-state index contributed by atoms with van der Waals surface area (Å²) < 4.78 is 11.3. The molecule has 3 heterocycles. The Kier molecular flexibility index (Phi) is 3.31. The molecule has 7 heteroatoms. The largest absolute Gasteiger partial charge is 0.486 e. The number of para-hydroxylation sites is 1. The number of fused-ring (bicyclic) bond motifs is 2. The van der Waals surface area contributed by atoms with Crippen molar-refractivity contribution >= 4 is 17.3 Å².